The largest absolute Gasteiger partial charge is 0.351 e. The number of hydrogen-bond donors (Lipinski definition) is 1. The number of amides is 1. The highest BCUT2D eigenvalue weighted by molar-refractivity contribution is 8.00. The maximum Gasteiger partial charge on any atom is 0.234 e. The Morgan fingerprint density at radius 3 is 2.11 bits per heavy atom. The van der Waals surface area contributed by atoms with Crippen LogP contribution in [0.2, 0.25) is 0 Å². The lowest BCUT2D eigenvalue weighted by Gasteiger charge is -2.21. The molecule has 3 aromatic carbocycles. The minimum Gasteiger partial charge on any atom is -0.351 e. The lowest BCUT2D eigenvalue weighted by Crippen LogP contribution is -2.35. The number of carbonyl (C=O) groups excluding carboxylic acids is 1. The summed E-state index contributed by atoms with van der Waals surface area (Å²) in [6.07, 6.45) is 4.21. The van der Waals surface area contributed by atoms with Gasteiger partial charge in [0, 0.05) is 11.4 Å². The number of benzene rings is 3. The second-order valence-corrected chi connectivity index (χ2v) is 7.90. The molecule has 0 heterocycles. The molecule has 2 atom stereocenters. The zero-order valence-corrected chi connectivity index (χ0v) is 16.8. The van der Waals surface area contributed by atoms with Crippen LogP contribution in [0.1, 0.15) is 18.1 Å². The van der Waals surface area contributed by atoms with Gasteiger partial charge in [0.25, 0.3) is 0 Å². The van der Waals surface area contributed by atoms with Crippen molar-refractivity contribution in [3.05, 3.63) is 108 Å². The molecule has 3 aromatic rings. The van der Waals surface area contributed by atoms with Crippen molar-refractivity contribution >= 4 is 23.7 Å². The van der Waals surface area contributed by atoms with E-state index in [9.17, 15) is 4.79 Å². The standard InChI is InChI=1S/C25H25NOS/c1-20(17-18-21-11-5-2-6-12-21)24(28-23-15-9-4-10-16-23)25(27)26-19-22-13-7-3-8-14-22/h2-18,20,24H,19H2,1H3,(H,26,27)/b18-17+/t20-,24+/m0/s1. The van der Waals surface area contributed by atoms with Gasteiger partial charge in [0.1, 0.15) is 0 Å². The van der Waals surface area contributed by atoms with Gasteiger partial charge in [-0.15, -0.1) is 11.8 Å². The maximum atomic E-state index is 13.0. The number of allylic oxidation sites excluding steroid dienone is 1. The highest BCUT2D eigenvalue weighted by atomic mass is 32.2. The molecule has 0 fully saturated rings. The summed E-state index contributed by atoms with van der Waals surface area (Å²) in [7, 11) is 0. The lowest BCUT2D eigenvalue weighted by atomic mass is 10.0. The average Bonchev–Trinajstić information content (AvgIpc) is 2.76. The van der Waals surface area contributed by atoms with Crippen molar-refractivity contribution in [2.24, 2.45) is 5.92 Å². The summed E-state index contributed by atoms with van der Waals surface area (Å²) in [5.41, 5.74) is 2.24. The van der Waals surface area contributed by atoms with Crippen molar-refractivity contribution < 1.29 is 4.79 Å². The van der Waals surface area contributed by atoms with Crippen LogP contribution in [-0.2, 0) is 11.3 Å². The third-order valence-corrected chi connectivity index (χ3v) is 5.89. The van der Waals surface area contributed by atoms with Crippen molar-refractivity contribution in [1.29, 1.82) is 0 Å². The first-order valence-corrected chi connectivity index (χ1v) is 10.4. The number of thioether (sulfide) groups is 1. The Morgan fingerprint density at radius 1 is 0.893 bits per heavy atom. The molecule has 28 heavy (non-hydrogen) atoms. The van der Waals surface area contributed by atoms with E-state index in [2.05, 4.69) is 48.7 Å². The first kappa shape index (κ1) is 20.0. The molecule has 0 aliphatic rings. The van der Waals surface area contributed by atoms with Gasteiger partial charge in [-0.3, -0.25) is 4.79 Å². The van der Waals surface area contributed by atoms with Gasteiger partial charge in [-0.1, -0.05) is 97.9 Å². The Balaban J connectivity index is 1.71. The van der Waals surface area contributed by atoms with Gasteiger partial charge in [0.2, 0.25) is 5.91 Å². The first-order valence-electron chi connectivity index (χ1n) is 9.49. The zero-order valence-electron chi connectivity index (χ0n) is 16.0. The Bertz CT molecular complexity index is 878. The molecule has 0 aliphatic heterocycles. The van der Waals surface area contributed by atoms with Gasteiger partial charge >= 0.3 is 0 Å². The molecular weight excluding hydrogens is 362 g/mol. The first-order chi connectivity index (χ1) is 13.7. The fraction of sp³-hybridized carbons (Fsp3) is 0.160. The van der Waals surface area contributed by atoms with Gasteiger partial charge < -0.3 is 5.32 Å². The molecular formula is C25H25NOS. The van der Waals surface area contributed by atoms with Crippen LogP contribution >= 0.6 is 11.8 Å². The molecule has 1 N–H and O–H groups in total. The van der Waals surface area contributed by atoms with E-state index < -0.39 is 0 Å². The van der Waals surface area contributed by atoms with Gasteiger partial charge in [0.15, 0.2) is 0 Å². The highest BCUT2D eigenvalue weighted by Crippen LogP contribution is 2.29. The van der Waals surface area contributed by atoms with Crippen LogP contribution in [0.5, 0.6) is 0 Å². The van der Waals surface area contributed by atoms with Gasteiger partial charge in [-0.25, -0.2) is 0 Å². The van der Waals surface area contributed by atoms with Crippen LogP contribution in [0.15, 0.2) is 102 Å². The zero-order chi connectivity index (χ0) is 19.6. The van der Waals surface area contributed by atoms with E-state index in [1.807, 2.05) is 66.7 Å². The number of nitrogens with one attached hydrogen (secondary N) is 1. The third-order valence-electron chi connectivity index (χ3n) is 4.44. The summed E-state index contributed by atoms with van der Waals surface area (Å²) in [5, 5.41) is 2.90. The molecule has 0 aromatic heterocycles. The Hall–Kier alpha value is -2.78. The summed E-state index contributed by atoms with van der Waals surface area (Å²) in [4.78, 5) is 14.1. The van der Waals surface area contributed by atoms with Crippen molar-refractivity contribution in [2.75, 3.05) is 0 Å². The molecule has 0 radical (unpaired) electrons. The second-order valence-electron chi connectivity index (χ2n) is 6.68. The van der Waals surface area contributed by atoms with E-state index in [-0.39, 0.29) is 17.1 Å². The minimum atomic E-state index is -0.203. The molecule has 1 amide bonds. The minimum absolute atomic E-state index is 0.0583. The average molecular weight is 388 g/mol. The monoisotopic (exact) mass is 387 g/mol. The predicted octanol–water partition coefficient (Wildman–Crippen LogP) is 5.81. The van der Waals surface area contributed by atoms with Crippen LogP contribution in [0, 0.1) is 5.92 Å². The highest BCUT2D eigenvalue weighted by Gasteiger charge is 2.24. The van der Waals surface area contributed by atoms with Crippen LogP contribution in [0.4, 0.5) is 0 Å². The fourth-order valence-electron chi connectivity index (χ4n) is 2.86. The van der Waals surface area contributed by atoms with Crippen LogP contribution in [-0.4, -0.2) is 11.2 Å². The molecule has 0 bridgehead atoms. The Kier molecular flexibility index (Phi) is 7.51. The second kappa shape index (κ2) is 10.5. The molecule has 142 valence electrons. The molecule has 0 spiro atoms. The van der Waals surface area contributed by atoms with E-state index in [1.54, 1.807) is 11.8 Å². The molecule has 0 saturated heterocycles. The molecule has 0 saturated carbocycles. The van der Waals surface area contributed by atoms with E-state index in [0.717, 1.165) is 16.0 Å². The smallest absolute Gasteiger partial charge is 0.234 e. The number of carbonyl (C=O) groups is 1. The topological polar surface area (TPSA) is 29.1 Å². The third kappa shape index (κ3) is 6.14. The predicted molar refractivity (Wildman–Crippen MR) is 119 cm³/mol. The molecule has 3 rings (SSSR count). The van der Waals surface area contributed by atoms with E-state index >= 15 is 0 Å². The van der Waals surface area contributed by atoms with Gasteiger partial charge in [-0.2, -0.15) is 0 Å². The van der Waals surface area contributed by atoms with Crippen molar-refractivity contribution in [1.82, 2.24) is 5.32 Å². The SMILES string of the molecule is C[C@@H](/C=C/c1ccccc1)[C@@H](Sc1ccccc1)C(=O)NCc1ccccc1. The van der Waals surface area contributed by atoms with Gasteiger partial charge in [0.05, 0.1) is 5.25 Å². The van der Waals surface area contributed by atoms with E-state index in [0.29, 0.717) is 6.54 Å². The van der Waals surface area contributed by atoms with Crippen LogP contribution < -0.4 is 5.32 Å². The summed E-state index contributed by atoms with van der Waals surface area (Å²) in [5.74, 6) is 0.143. The molecule has 2 nitrogen and oxygen atoms in total. The number of rotatable bonds is 8. The number of hydrogen-bond acceptors (Lipinski definition) is 2. The Morgan fingerprint density at radius 2 is 1.46 bits per heavy atom. The molecule has 3 heteroatoms. The summed E-state index contributed by atoms with van der Waals surface area (Å²) >= 11 is 1.61. The summed E-state index contributed by atoms with van der Waals surface area (Å²) in [6.45, 7) is 2.64. The lowest BCUT2D eigenvalue weighted by molar-refractivity contribution is -0.121. The maximum absolute atomic E-state index is 13.0. The molecule has 0 unspecified atom stereocenters. The summed E-state index contributed by atoms with van der Waals surface area (Å²) in [6, 6.07) is 30.3. The van der Waals surface area contributed by atoms with Crippen molar-refractivity contribution in [3.8, 4) is 0 Å². The van der Waals surface area contributed by atoms with Crippen molar-refractivity contribution in [2.45, 2.75) is 23.6 Å². The van der Waals surface area contributed by atoms with Crippen molar-refractivity contribution in [3.63, 3.8) is 0 Å². The fourth-order valence-corrected chi connectivity index (χ4v) is 3.96. The summed E-state index contributed by atoms with van der Waals surface area (Å²) < 4.78 is 0. The van der Waals surface area contributed by atoms with Gasteiger partial charge in [-0.05, 0) is 29.2 Å². The van der Waals surface area contributed by atoms with Crippen LogP contribution in [0.3, 0.4) is 0 Å². The van der Waals surface area contributed by atoms with E-state index in [4.69, 9.17) is 0 Å². The van der Waals surface area contributed by atoms with E-state index in [1.165, 1.54) is 0 Å². The normalized spacial score (nSPS) is 13.2. The quantitative estimate of drug-likeness (QED) is 0.494. The molecule has 0 aliphatic carbocycles. The Labute approximate surface area is 171 Å². The van der Waals surface area contributed by atoms with Crippen LogP contribution in [0.25, 0.3) is 6.08 Å².